The molecular weight excluding hydrogens is 538 g/mol. The number of hydrogen-bond acceptors (Lipinski definition) is 5. The molecule has 1 heterocycles. The van der Waals surface area contributed by atoms with E-state index in [1.54, 1.807) is 30.3 Å². The molecule has 1 unspecified atom stereocenters. The maximum Gasteiger partial charge on any atom is 0.252 e. The second kappa shape index (κ2) is 11.7. The number of nitrogens with one attached hydrogen (secondary N) is 1. The Balaban J connectivity index is 1.67. The lowest BCUT2D eigenvalue weighted by Crippen LogP contribution is -2.46. The van der Waals surface area contributed by atoms with Gasteiger partial charge in [0.15, 0.2) is 0 Å². The Morgan fingerprint density at radius 3 is 2.31 bits per heavy atom. The van der Waals surface area contributed by atoms with Gasteiger partial charge in [0.25, 0.3) is 5.91 Å². The summed E-state index contributed by atoms with van der Waals surface area (Å²) in [6, 6.07) is 18.7. The highest BCUT2D eigenvalue weighted by Crippen LogP contribution is 2.31. The van der Waals surface area contributed by atoms with Crippen LogP contribution < -0.4 is 10.2 Å². The molecule has 1 aliphatic heterocycles. The van der Waals surface area contributed by atoms with Crippen molar-refractivity contribution < 1.29 is 22.8 Å². The molecule has 39 heavy (non-hydrogen) atoms. The SMILES string of the molecule is CC(=O)Nc1ccc(S(=O)(=O)N(CCc2cccc(Cl)c2)C2CC(=O)N(c3ccc(C(C)C)cc3)C2=O)cc1. The molecule has 3 aromatic carbocycles. The Hall–Kier alpha value is -3.53. The third kappa shape index (κ3) is 6.38. The van der Waals surface area contributed by atoms with Crippen molar-refractivity contribution in [1.82, 2.24) is 4.31 Å². The first-order valence-electron chi connectivity index (χ1n) is 12.6. The molecule has 1 atom stereocenters. The molecule has 204 valence electrons. The summed E-state index contributed by atoms with van der Waals surface area (Å²) < 4.78 is 28.9. The Kier molecular flexibility index (Phi) is 8.54. The van der Waals surface area contributed by atoms with Crippen molar-refractivity contribution in [3.05, 3.63) is 88.9 Å². The van der Waals surface area contributed by atoms with Crippen LogP contribution in [0.5, 0.6) is 0 Å². The van der Waals surface area contributed by atoms with Crippen LogP contribution in [0.4, 0.5) is 11.4 Å². The molecular formula is C29H30ClN3O5S. The highest BCUT2D eigenvalue weighted by Gasteiger charge is 2.46. The zero-order chi connectivity index (χ0) is 28.3. The zero-order valence-electron chi connectivity index (χ0n) is 21.9. The number of amides is 3. The molecule has 0 radical (unpaired) electrons. The van der Waals surface area contributed by atoms with Gasteiger partial charge in [-0.25, -0.2) is 13.3 Å². The van der Waals surface area contributed by atoms with Gasteiger partial charge < -0.3 is 5.32 Å². The van der Waals surface area contributed by atoms with Crippen molar-refractivity contribution in [2.75, 3.05) is 16.8 Å². The van der Waals surface area contributed by atoms with Gasteiger partial charge in [-0.2, -0.15) is 4.31 Å². The molecule has 0 aliphatic carbocycles. The lowest BCUT2D eigenvalue weighted by atomic mass is 10.0. The van der Waals surface area contributed by atoms with E-state index in [2.05, 4.69) is 5.32 Å². The van der Waals surface area contributed by atoms with Crippen LogP contribution >= 0.6 is 11.6 Å². The van der Waals surface area contributed by atoms with Gasteiger partial charge in [-0.15, -0.1) is 0 Å². The van der Waals surface area contributed by atoms with E-state index in [-0.39, 0.29) is 36.1 Å². The quantitative estimate of drug-likeness (QED) is 0.367. The first-order valence-corrected chi connectivity index (χ1v) is 14.4. The third-order valence-corrected chi connectivity index (χ3v) is 8.74. The Bertz CT molecular complexity index is 1490. The van der Waals surface area contributed by atoms with Crippen LogP contribution in [0.25, 0.3) is 0 Å². The van der Waals surface area contributed by atoms with E-state index in [1.165, 1.54) is 31.2 Å². The first-order chi connectivity index (χ1) is 18.5. The number of carbonyl (C=O) groups excluding carboxylic acids is 3. The predicted molar refractivity (Wildman–Crippen MR) is 151 cm³/mol. The fourth-order valence-corrected chi connectivity index (χ4v) is 6.34. The van der Waals surface area contributed by atoms with Gasteiger partial charge in [0.05, 0.1) is 17.0 Å². The van der Waals surface area contributed by atoms with E-state index in [0.717, 1.165) is 20.3 Å². The van der Waals surface area contributed by atoms with Crippen LogP contribution in [0.1, 0.15) is 44.2 Å². The summed E-state index contributed by atoms with van der Waals surface area (Å²) in [4.78, 5) is 39.1. The minimum Gasteiger partial charge on any atom is -0.326 e. The van der Waals surface area contributed by atoms with Crippen LogP contribution in [0.15, 0.2) is 77.7 Å². The van der Waals surface area contributed by atoms with Crippen LogP contribution in [0, 0.1) is 0 Å². The van der Waals surface area contributed by atoms with E-state index in [4.69, 9.17) is 11.6 Å². The first kappa shape index (κ1) is 28.5. The second-order valence-electron chi connectivity index (χ2n) is 9.73. The second-order valence-corrected chi connectivity index (χ2v) is 12.1. The predicted octanol–water partition coefficient (Wildman–Crippen LogP) is 4.99. The maximum atomic E-state index is 13.9. The molecule has 3 amide bonds. The summed E-state index contributed by atoms with van der Waals surface area (Å²) in [7, 11) is -4.20. The van der Waals surface area contributed by atoms with E-state index in [0.29, 0.717) is 16.4 Å². The topological polar surface area (TPSA) is 104 Å². The minimum absolute atomic E-state index is 0.0417. The zero-order valence-corrected chi connectivity index (χ0v) is 23.5. The van der Waals surface area contributed by atoms with Crippen LogP contribution in [-0.4, -0.2) is 43.0 Å². The summed E-state index contributed by atoms with van der Waals surface area (Å²) in [5.74, 6) is -1.07. The van der Waals surface area contributed by atoms with Gasteiger partial charge in [-0.3, -0.25) is 14.4 Å². The van der Waals surface area contributed by atoms with Crippen LogP contribution in [0.2, 0.25) is 5.02 Å². The summed E-state index contributed by atoms with van der Waals surface area (Å²) in [5, 5.41) is 3.11. The van der Waals surface area contributed by atoms with Crippen molar-refractivity contribution in [1.29, 1.82) is 0 Å². The number of hydrogen-bond donors (Lipinski definition) is 1. The van der Waals surface area contributed by atoms with Crippen molar-refractivity contribution >= 4 is 50.7 Å². The number of benzene rings is 3. The van der Waals surface area contributed by atoms with E-state index < -0.39 is 27.9 Å². The molecule has 1 saturated heterocycles. The third-order valence-electron chi connectivity index (χ3n) is 6.58. The van der Waals surface area contributed by atoms with Gasteiger partial charge in [-0.1, -0.05) is 49.7 Å². The largest absolute Gasteiger partial charge is 0.326 e. The normalized spacial score (nSPS) is 15.8. The van der Waals surface area contributed by atoms with Crippen molar-refractivity contribution in [3.8, 4) is 0 Å². The maximum absolute atomic E-state index is 13.9. The van der Waals surface area contributed by atoms with Crippen molar-refractivity contribution in [3.63, 3.8) is 0 Å². The summed E-state index contributed by atoms with van der Waals surface area (Å²) in [5.41, 5.74) is 2.70. The highest BCUT2D eigenvalue weighted by molar-refractivity contribution is 7.89. The molecule has 0 bridgehead atoms. The van der Waals surface area contributed by atoms with Gasteiger partial charge >= 0.3 is 0 Å². The minimum atomic E-state index is -4.20. The smallest absolute Gasteiger partial charge is 0.252 e. The van der Waals surface area contributed by atoms with E-state index in [9.17, 15) is 22.8 Å². The number of carbonyl (C=O) groups is 3. The Morgan fingerprint density at radius 1 is 1.05 bits per heavy atom. The molecule has 10 heteroatoms. The lowest BCUT2D eigenvalue weighted by molar-refractivity contribution is -0.122. The molecule has 3 aromatic rings. The van der Waals surface area contributed by atoms with Gasteiger partial charge in [-0.05, 0) is 72.0 Å². The van der Waals surface area contributed by atoms with Crippen LogP contribution in [0.3, 0.4) is 0 Å². The summed E-state index contributed by atoms with van der Waals surface area (Å²) in [6.45, 7) is 5.40. The average molecular weight is 568 g/mol. The molecule has 0 spiro atoms. The molecule has 1 N–H and O–H groups in total. The van der Waals surface area contributed by atoms with E-state index in [1.807, 2.05) is 32.0 Å². The number of imide groups is 1. The Morgan fingerprint density at radius 2 is 1.72 bits per heavy atom. The number of sulfonamides is 1. The van der Waals surface area contributed by atoms with Crippen molar-refractivity contribution in [2.45, 2.75) is 50.5 Å². The number of halogens is 1. The van der Waals surface area contributed by atoms with Crippen molar-refractivity contribution in [2.24, 2.45) is 0 Å². The fraction of sp³-hybridized carbons (Fsp3) is 0.276. The Labute approximate surface area is 233 Å². The molecule has 8 nitrogen and oxygen atoms in total. The summed E-state index contributed by atoms with van der Waals surface area (Å²) in [6.07, 6.45) is 0.00827. The average Bonchev–Trinajstić information content (AvgIpc) is 3.17. The number of anilines is 2. The lowest BCUT2D eigenvalue weighted by Gasteiger charge is -2.27. The number of nitrogens with zero attached hydrogens (tertiary/aromatic N) is 2. The van der Waals surface area contributed by atoms with Gasteiger partial charge in [0, 0.05) is 24.2 Å². The molecule has 0 saturated carbocycles. The van der Waals surface area contributed by atoms with Crippen LogP contribution in [-0.2, 0) is 30.8 Å². The molecule has 0 aromatic heterocycles. The monoisotopic (exact) mass is 567 g/mol. The summed E-state index contributed by atoms with van der Waals surface area (Å²) >= 11 is 6.12. The standard InChI is InChI=1S/C29H30ClN3O5S/c1-19(2)22-7-11-25(12-8-22)33-28(35)18-27(29(33)36)32(16-15-21-5-4-6-23(30)17-21)39(37,38)26-13-9-24(10-14-26)31-20(3)34/h4-14,17,19,27H,15-16,18H2,1-3H3,(H,31,34). The van der Waals surface area contributed by atoms with E-state index >= 15 is 0 Å². The molecule has 1 fully saturated rings. The fourth-order valence-electron chi connectivity index (χ4n) is 4.54. The molecule has 4 rings (SSSR count). The number of rotatable bonds is 9. The van der Waals surface area contributed by atoms with Gasteiger partial charge in [0.2, 0.25) is 21.8 Å². The van der Waals surface area contributed by atoms with Gasteiger partial charge in [0.1, 0.15) is 6.04 Å². The molecule has 1 aliphatic rings. The highest BCUT2D eigenvalue weighted by atomic mass is 35.5.